The van der Waals surface area contributed by atoms with Gasteiger partial charge >= 0.3 is 0 Å². The fraction of sp³-hybridized carbons (Fsp3) is 0.450. The minimum Gasteiger partial charge on any atom is -0.476 e. The van der Waals surface area contributed by atoms with Crippen molar-refractivity contribution >= 4 is 11.8 Å². The van der Waals surface area contributed by atoms with Crippen LogP contribution >= 0.6 is 11.8 Å². The lowest BCUT2D eigenvalue weighted by atomic mass is 10.1. The molecule has 0 bridgehead atoms. The van der Waals surface area contributed by atoms with Gasteiger partial charge in [0.25, 0.3) is 0 Å². The first-order valence-electron chi connectivity index (χ1n) is 9.40. The smallest absolute Gasteiger partial charge is 0.243 e. The Morgan fingerprint density at radius 3 is 2.59 bits per heavy atom. The van der Waals surface area contributed by atoms with Crippen LogP contribution in [0.3, 0.4) is 0 Å². The zero-order chi connectivity index (χ0) is 19.4. The molecule has 0 spiro atoms. The van der Waals surface area contributed by atoms with Gasteiger partial charge in [-0.1, -0.05) is 35.5 Å². The summed E-state index contributed by atoms with van der Waals surface area (Å²) >= 11 is 1.72. The molecule has 27 heavy (non-hydrogen) atoms. The largest absolute Gasteiger partial charge is 0.476 e. The van der Waals surface area contributed by atoms with E-state index < -0.39 is 0 Å². The van der Waals surface area contributed by atoms with Crippen LogP contribution < -0.4 is 4.74 Å². The summed E-state index contributed by atoms with van der Waals surface area (Å²) in [5.74, 6) is 2.30. The Kier molecular flexibility index (Phi) is 6.21. The van der Waals surface area contributed by atoms with Crippen molar-refractivity contribution in [2.75, 3.05) is 6.61 Å². The first-order chi connectivity index (χ1) is 13.1. The Hall–Kier alpha value is -2.28. The number of aryl methyl sites for hydroxylation is 3. The number of hydrogen-bond donors (Lipinski definition) is 0. The van der Waals surface area contributed by atoms with E-state index in [0.717, 1.165) is 35.4 Å². The molecular formula is C20H27N5OS. The molecule has 0 aliphatic carbocycles. The van der Waals surface area contributed by atoms with Crippen molar-refractivity contribution in [1.29, 1.82) is 0 Å². The molecule has 6 nitrogen and oxygen atoms in total. The predicted molar refractivity (Wildman–Crippen MR) is 109 cm³/mol. The van der Waals surface area contributed by atoms with Gasteiger partial charge in [-0.2, -0.15) is 0 Å². The standard InChI is InChI=1S/C20H27N5OS/c1-6-24-12-17(19(23-24)26-8-3)18-21-22-20(25(18)7-2)27-13-16-11-14(4)9-10-15(16)5/h9-12H,6-8,13H2,1-5H3. The summed E-state index contributed by atoms with van der Waals surface area (Å²) in [5.41, 5.74) is 4.81. The highest BCUT2D eigenvalue weighted by Crippen LogP contribution is 2.31. The van der Waals surface area contributed by atoms with Crippen LogP contribution in [-0.2, 0) is 18.8 Å². The highest BCUT2D eigenvalue weighted by molar-refractivity contribution is 7.98. The molecule has 0 N–H and O–H groups in total. The summed E-state index contributed by atoms with van der Waals surface area (Å²) in [5, 5.41) is 14.3. The van der Waals surface area contributed by atoms with Gasteiger partial charge in [-0.15, -0.1) is 15.3 Å². The minimum absolute atomic E-state index is 0.572. The second-order valence-corrected chi connectivity index (χ2v) is 7.35. The fourth-order valence-electron chi connectivity index (χ4n) is 2.94. The van der Waals surface area contributed by atoms with Gasteiger partial charge < -0.3 is 9.30 Å². The van der Waals surface area contributed by atoms with Crippen molar-refractivity contribution < 1.29 is 4.74 Å². The first-order valence-corrected chi connectivity index (χ1v) is 10.4. The third kappa shape index (κ3) is 4.18. The number of thioether (sulfide) groups is 1. The molecule has 0 fully saturated rings. The molecule has 0 atom stereocenters. The first kappa shape index (κ1) is 19.5. The van der Waals surface area contributed by atoms with Crippen LogP contribution in [0.4, 0.5) is 0 Å². The zero-order valence-electron chi connectivity index (χ0n) is 16.7. The van der Waals surface area contributed by atoms with E-state index in [1.54, 1.807) is 11.8 Å². The Morgan fingerprint density at radius 1 is 1.07 bits per heavy atom. The molecule has 144 valence electrons. The quantitative estimate of drug-likeness (QED) is 0.535. The third-order valence-electron chi connectivity index (χ3n) is 4.47. The van der Waals surface area contributed by atoms with E-state index in [2.05, 4.69) is 65.8 Å². The molecule has 0 amide bonds. The molecule has 3 aromatic rings. The summed E-state index contributed by atoms with van der Waals surface area (Å²) in [7, 11) is 0. The van der Waals surface area contributed by atoms with E-state index in [-0.39, 0.29) is 0 Å². The van der Waals surface area contributed by atoms with E-state index in [1.807, 2.05) is 17.8 Å². The van der Waals surface area contributed by atoms with Crippen molar-refractivity contribution in [2.45, 2.75) is 58.6 Å². The Balaban J connectivity index is 1.89. The van der Waals surface area contributed by atoms with Crippen LogP contribution in [0.25, 0.3) is 11.4 Å². The van der Waals surface area contributed by atoms with Crippen molar-refractivity contribution in [2.24, 2.45) is 0 Å². The molecule has 0 aliphatic rings. The molecule has 1 aromatic carbocycles. The molecule has 3 rings (SSSR count). The fourth-order valence-corrected chi connectivity index (χ4v) is 4.01. The number of benzene rings is 1. The van der Waals surface area contributed by atoms with Crippen molar-refractivity contribution in [3.63, 3.8) is 0 Å². The molecule has 0 aliphatic heterocycles. The van der Waals surface area contributed by atoms with Crippen LogP contribution in [0.2, 0.25) is 0 Å². The van der Waals surface area contributed by atoms with Crippen LogP contribution in [0.1, 0.15) is 37.5 Å². The summed E-state index contributed by atoms with van der Waals surface area (Å²) < 4.78 is 9.73. The topological polar surface area (TPSA) is 57.8 Å². The molecule has 2 heterocycles. The number of ether oxygens (including phenoxy) is 1. The average Bonchev–Trinajstić information content (AvgIpc) is 3.25. The summed E-state index contributed by atoms with van der Waals surface area (Å²) in [6, 6.07) is 6.57. The summed E-state index contributed by atoms with van der Waals surface area (Å²) in [6.45, 7) is 12.6. The van der Waals surface area contributed by atoms with E-state index >= 15 is 0 Å². The maximum atomic E-state index is 5.72. The maximum Gasteiger partial charge on any atom is 0.243 e. The average molecular weight is 386 g/mol. The second kappa shape index (κ2) is 8.61. The van der Waals surface area contributed by atoms with Gasteiger partial charge in [0.1, 0.15) is 5.56 Å². The molecule has 0 saturated heterocycles. The van der Waals surface area contributed by atoms with Gasteiger partial charge in [0.05, 0.1) is 6.61 Å². The Morgan fingerprint density at radius 2 is 1.89 bits per heavy atom. The molecule has 7 heteroatoms. The summed E-state index contributed by atoms with van der Waals surface area (Å²) in [4.78, 5) is 0. The lowest BCUT2D eigenvalue weighted by molar-refractivity contribution is 0.322. The number of nitrogens with zero attached hydrogens (tertiary/aromatic N) is 5. The number of rotatable bonds is 8. The number of hydrogen-bond acceptors (Lipinski definition) is 5. The van der Waals surface area contributed by atoms with Gasteiger partial charge in [0, 0.05) is 25.0 Å². The Bertz CT molecular complexity index is 915. The van der Waals surface area contributed by atoms with Gasteiger partial charge in [0.15, 0.2) is 11.0 Å². The highest BCUT2D eigenvalue weighted by Gasteiger charge is 2.20. The molecule has 0 radical (unpaired) electrons. The maximum absolute atomic E-state index is 5.72. The van der Waals surface area contributed by atoms with Crippen LogP contribution in [0, 0.1) is 13.8 Å². The molecule has 0 unspecified atom stereocenters. The molecule has 0 saturated carbocycles. The normalized spacial score (nSPS) is 11.1. The zero-order valence-corrected chi connectivity index (χ0v) is 17.5. The van der Waals surface area contributed by atoms with Crippen LogP contribution in [0.15, 0.2) is 29.6 Å². The van der Waals surface area contributed by atoms with Crippen LogP contribution in [-0.4, -0.2) is 31.2 Å². The van der Waals surface area contributed by atoms with Gasteiger partial charge in [-0.25, -0.2) is 0 Å². The van der Waals surface area contributed by atoms with Crippen molar-refractivity contribution in [3.8, 4) is 17.3 Å². The molecule has 2 aromatic heterocycles. The minimum atomic E-state index is 0.572. The lowest BCUT2D eigenvalue weighted by Gasteiger charge is -2.09. The molecular weight excluding hydrogens is 358 g/mol. The van der Waals surface area contributed by atoms with E-state index in [1.165, 1.54) is 16.7 Å². The second-order valence-electron chi connectivity index (χ2n) is 6.41. The van der Waals surface area contributed by atoms with Crippen molar-refractivity contribution in [1.82, 2.24) is 24.5 Å². The SMILES string of the molecule is CCOc1nn(CC)cc1-c1nnc(SCc2cc(C)ccc2C)n1CC. The number of aromatic nitrogens is 5. The van der Waals surface area contributed by atoms with Crippen LogP contribution in [0.5, 0.6) is 5.88 Å². The van der Waals surface area contributed by atoms with Gasteiger partial charge in [-0.3, -0.25) is 4.68 Å². The van der Waals surface area contributed by atoms with E-state index in [0.29, 0.717) is 12.5 Å². The third-order valence-corrected chi connectivity index (χ3v) is 5.48. The Labute approximate surface area is 165 Å². The van der Waals surface area contributed by atoms with E-state index in [4.69, 9.17) is 4.74 Å². The highest BCUT2D eigenvalue weighted by atomic mass is 32.2. The van der Waals surface area contributed by atoms with Gasteiger partial charge in [0.2, 0.25) is 5.88 Å². The van der Waals surface area contributed by atoms with Crippen molar-refractivity contribution in [3.05, 3.63) is 41.1 Å². The predicted octanol–water partition coefficient (Wildman–Crippen LogP) is 4.49. The van der Waals surface area contributed by atoms with Gasteiger partial charge in [-0.05, 0) is 45.7 Å². The van der Waals surface area contributed by atoms with E-state index in [9.17, 15) is 0 Å². The lowest BCUT2D eigenvalue weighted by Crippen LogP contribution is -2.01. The monoisotopic (exact) mass is 385 g/mol. The summed E-state index contributed by atoms with van der Waals surface area (Å²) in [6.07, 6.45) is 1.99.